The predicted molar refractivity (Wildman–Crippen MR) is 143 cm³/mol. The van der Waals surface area contributed by atoms with Gasteiger partial charge in [0.05, 0.1) is 13.7 Å². The molecule has 9 heteroatoms. The highest BCUT2D eigenvalue weighted by Crippen LogP contribution is 2.42. The summed E-state index contributed by atoms with van der Waals surface area (Å²) >= 11 is 0. The van der Waals surface area contributed by atoms with Gasteiger partial charge in [-0.25, -0.2) is 0 Å². The molecular formula is C26H46O7Si2. The molecule has 0 unspecified atom stereocenters. The van der Waals surface area contributed by atoms with Crippen LogP contribution in [0.3, 0.4) is 0 Å². The van der Waals surface area contributed by atoms with Crippen LogP contribution in [-0.4, -0.2) is 60.9 Å². The van der Waals surface area contributed by atoms with Gasteiger partial charge in [0.25, 0.3) is 0 Å². The molecule has 0 aliphatic carbocycles. The number of ether oxygens (including phenoxy) is 4. The van der Waals surface area contributed by atoms with Crippen molar-refractivity contribution in [1.29, 1.82) is 0 Å². The van der Waals surface area contributed by atoms with Gasteiger partial charge in [-0.05, 0) is 60.5 Å². The van der Waals surface area contributed by atoms with E-state index in [0.29, 0.717) is 12.4 Å². The van der Waals surface area contributed by atoms with Crippen LogP contribution in [0.1, 0.15) is 48.5 Å². The second kappa shape index (κ2) is 10.9. The van der Waals surface area contributed by atoms with Gasteiger partial charge >= 0.3 is 5.97 Å². The lowest BCUT2D eigenvalue weighted by Gasteiger charge is -2.41. The Bertz CT molecular complexity index is 841. The largest absolute Gasteiger partial charge is 0.497 e. The zero-order chi connectivity index (χ0) is 26.8. The summed E-state index contributed by atoms with van der Waals surface area (Å²) in [6.45, 7) is 23.7. The molecule has 0 saturated carbocycles. The van der Waals surface area contributed by atoms with Crippen LogP contribution in [0.4, 0.5) is 0 Å². The molecule has 7 nitrogen and oxygen atoms in total. The van der Waals surface area contributed by atoms with Crippen LogP contribution in [0, 0.1) is 0 Å². The van der Waals surface area contributed by atoms with Crippen molar-refractivity contribution in [3.63, 3.8) is 0 Å². The first-order valence-corrected chi connectivity index (χ1v) is 18.1. The summed E-state index contributed by atoms with van der Waals surface area (Å²) in [7, 11) is -2.67. The summed E-state index contributed by atoms with van der Waals surface area (Å²) in [6, 6.07) is 7.23. The second-order valence-corrected chi connectivity index (χ2v) is 21.9. The standard InChI is InChI=1S/C26H46O7Si2/c1-18(27)30-23-22(33-35(11,12)26(5,6)7)21(17-29-34(9,10)25(2,3)4)32-24(23)31-20-15-13-19(28-8)14-16-20/h13-16,21-24H,17H2,1-12H3/t21-,22-,23+,24+/m1/s1. The average Bonchev–Trinajstić information content (AvgIpc) is 3.00. The lowest BCUT2D eigenvalue weighted by atomic mass is 10.1. The Morgan fingerprint density at radius 3 is 1.86 bits per heavy atom. The van der Waals surface area contributed by atoms with E-state index < -0.39 is 47.2 Å². The summed E-state index contributed by atoms with van der Waals surface area (Å²) in [6.07, 6.45) is -2.49. The minimum Gasteiger partial charge on any atom is -0.497 e. The minimum atomic E-state index is -2.24. The fourth-order valence-corrected chi connectivity index (χ4v) is 5.53. The third kappa shape index (κ3) is 7.55. The highest BCUT2D eigenvalue weighted by Gasteiger charge is 2.53. The van der Waals surface area contributed by atoms with Crippen molar-refractivity contribution in [3.8, 4) is 11.5 Å². The molecular weight excluding hydrogens is 480 g/mol. The molecule has 1 heterocycles. The Morgan fingerprint density at radius 1 is 0.886 bits per heavy atom. The Hall–Kier alpha value is -1.40. The van der Waals surface area contributed by atoms with Crippen molar-refractivity contribution >= 4 is 22.6 Å². The smallest absolute Gasteiger partial charge is 0.303 e. The van der Waals surface area contributed by atoms with Crippen LogP contribution >= 0.6 is 0 Å². The molecule has 0 spiro atoms. The van der Waals surface area contributed by atoms with E-state index in [1.807, 2.05) is 12.1 Å². The topological polar surface area (TPSA) is 72.5 Å². The van der Waals surface area contributed by atoms with Crippen LogP contribution in [-0.2, 0) is 23.1 Å². The highest BCUT2D eigenvalue weighted by atomic mass is 28.4. The zero-order valence-electron chi connectivity index (χ0n) is 23.7. The lowest BCUT2D eigenvalue weighted by Crippen LogP contribution is -2.52. The molecule has 2 rings (SSSR count). The zero-order valence-corrected chi connectivity index (χ0v) is 25.7. The van der Waals surface area contributed by atoms with Crippen LogP contribution in [0.25, 0.3) is 0 Å². The van der Waals surface area contributed by atoms with Gasteiger partial charge in [-0.15, -0.1) is 0 Å². The predicted octanol–water partition coefficient (Wildman–Crippen LogP) is 6.14. The molecule has 0 aromatic heterocycles. The van der Waals surface area contributed by atoms with E-state index in [2.05, 4.69) is 67.7 Å². The molecule has 1 saturated heterocycles. The monoisotopic (exact) mass is 526 g/mol. The number of rotatable bonds is 9. The van der Waals surface area contributed by atoms with Gasteiger partial charge in [-0.3, -0.25) is 4.79 Å². The van der Waals surface area contributed by atoms with E-state index in [4.69, 9.17) is 27.8 Å². The maximum atomic E-state index is 12.1. The fourth-order valence-electron chi connectivity index (χ4n) is 3.19. The van der Waals surface area contributed by atoms with Crippen LogP contribution in [0.15, 0.2) is 24.3 Å². The SMILES string of the molecule is COc1ccc(O[C@H]2O[C@H](CO[Si](C)(C)C(C)(C)C)[C@@H](O[Si](C)(C)C(C)(C)C)[C@@H]2OC(C)=O)cc1. The quantitative estimate of drug-likeness (QED) is 0.282. The summed E-state index contributed by atoms with van der Waals surface area (Å²) in [5.74, 6) is 0.905. The Morgan fingerprint density at radius 2 is 1.40 bits per heavy atom. The van der Waals surface area contributed by atoms with E-state index >= 15 is 0 Å². The number of esters is 1. The first-order valence-electron chi connectivity index (χ1n) is 12.3. The van der Waals surface area contributed by atoms with Crippen LogP contribution < -0.4 is 9.47 Å². The van der Waals surface area contributed by atoms with Gasteiger partial charge < -0.3 is 27.8 Å². The molecule has 1 fully saturated rings. The molecule has 0 bridgehead atoms. The molecule has 1 aromatic carbocycles. The molecule has 0 amide bonds. The van der Waals surface area contributed by atoms with Crippen molar-refractivity contribution < 1.29 is 32.6 Å². The maximum absolute atomic E-state index is 12.1. The van der Waals surface area contributed by atoms with E-state index in [1.54, 1.807) is 19.2 Å². The Labute approximate surface area is 214 Å². The number of carbonyl (C=O) groups excluding carboxylic acids is 1. The average molecular weight is 527 g/mol. The highest BCUT2D eigenvalue weighted by molar-refractivity contribution is 6.74. The summed E-state index contributed by atoms with van der Waals surface area (Å²) in [5.41, 5.74) is 0. The maximum Gasteiger partial charge on any atom is 0.303 e. The number of benzene rings is 1. The van der Waals surface area contributed by atoms with E-state index in [9.17, 15) is 4.79 Å². The van der Waals surface area contributed by atoms with Crippen molar-refractivity contribution in [2.24, 2.45) is 0 Å². The van der Waals surface area contributed by atoms with Crippen molar-refractivity contribution in [2.75, 3.05) is 13.7 Å². The van der Waals surface area contributed by atoms with Crippen molar-refractivity contribution in [1.82, 2.24) is 0 Å². The molecule has 4 atom stereocenters. The molecule has 1 aromatic rings. The van der Waals surface area contributed by atoms with E-state index in [0.717, 1.165) is 5.75 Å². The van der Waals surface area contributed by atoms with Crippen LogP contribution in [0.2, 0.25) is 36.3 Å². The molecule has 200 valence electrons. The number of hydrogen-bond acceptors (Lipinski definition) is 7. The van der Waals surface area contributed by atoms with E-state index in [1.165, 1.54) is 6.92 Å². The third-order valence-electron chi connectivity index (χ3n) is 7.53. The molecule has 0 radical (unpaired) electrons. The van der Waals surface area contributed by atoms with Gasteiger partial charge in [-0.2, -0.15) is 0 Å². The van der Waals surface area contributed by atoms with Crippen molar-refractivity contribution in [2.45, 2.75) is 109 Å². The van der Waals surface area contributed by atoms with Gasteiger partial charge in [0.2, 0.25) is 6.29 Å². The van der Waals surface area contributed by atoms with Crippen molar-refractivity contribution in [3.05, 3.63) is 24.3 Å². The normalized spacial score (nSPS) is 23.8. The minimum absolute atomic E-state index is 0.0342. The summed E-state index contributed by atoms with van der Waals surface area (Å²) in [4.78, 5) is 12.1. The molecule has 1 aliphatic rings. The first-order chi connectivity index (χ1) is 15.9. The van der Waals surface area contributed by atoms with Gasteiger partial charge in [0.1, 0.15) is 23.7 Å². The fraction of sp³-hybridized carbons (Fsp3) is 0.731. The molecule has 1 aliphatic heterocycles. The third-order valence-corrected chi connectivity index (χ3v) is 16.5. The Kier molecular flexibility index (Phi) is 9.31. The Balaban J connectivity index is 2.38. The lowest BCUT2D eigenvalue weighted by molar-refractivity contribution is -0.165. The van der Waals surface area contributed by atoms with Gasteiger partial charge in [0.15, 0.2) is 22.7 Å². The number of carbonyl (C=O) groups is 1. The molecule has 35 heavy (non-hydrogen) atoms. The first kappa shape index (κ1) is 29.8. The second-order valence-electron chi connectivity index (χ2n) is 12.3. The summed E-state index contributed by atoms with van der Waals surface area (Å²) in [5, 5.41) is 0.0171. The van der Waals surface area contributed by atoms with E-state index in [-0.39, 0.29) is 10.1 Å². The van der Waals surface area contributed by atoms with Gasteiger partial charge in [0, 0.05) is 6.92 Å². The molecule has 0 N–H and O–H groups in total. The van der Waals surface area contributed by atoms with Crippen LogP contribution in [0.5, 0.6) is 11.5 Å². The summed E-state index contributed by atoms with van der Waals surface area (Å²) < 4.78 is 36.9. The number of hydrogen-bond donors (Lipinski definition) is 0. The van der Waals surface area contributed by atoms with Gasteiger partial charge in [-0.1, -0.05) is 41.5 Å². The number of methoxy groups -OCH3 is 1.